The number of fused-ring (bicyclic) bond motifs is 6. The molecule has 1 aromatic heterocycles. The lowest BCUT2D eigenvalue weighted by molar-refractivity contribution is -0.236. The van der Waals surface area contributed by atoms with Crippen molar-refractivity contribution >= 4 is 23.2 Å². The number of rotatable bonds is 1. The zero-order valence-electron chi connectivity index (χ0n) is 27.7. The molecule has 230 valence electrons. The summed E-state index contributed by atoms with van der Waals surface area (Å²) in [4.78, 5) is 15.9. The number of hydrogen-bond donors (Lipinski definition) is 0. The lowest BCUT2D eigenvalue weighted by atomic mass is 9.31. The van der Waals surface area contributed by atoms with Crippen molar-refractivity contribution in [2.24, 2.45) is 56.2 Å². The van der Waals surface area contributed by atoms with Crippen LogP contribution in [0.4, 0.5) is 0 Å². The summed E-state index contributed by atoms with van der Waals surface area (Å²) in [5.41, 5.74) is 5.40. The Bertz CT molecular complexity index is 1350. The van der Waals surface area contributed by atoms with Gasteiger partial charge in [-0.2, -0.15) is 0 Å². The summed E-state index contributed by atoms with van der Waals surface area (Å²) in [7, 11) is 0. The summed E-state index contributed by atoms with van der Waals surface area (Å²) in [5.74, 6) is 3.13. The fourth-order valence-corrected chi connectivity index (χ4v) is 14.9. The Hall–Kier alpha value is -0.930. The largest absolute Gasteiger partial charge is 0.377 e. The van der Waals surface area contributed by atoms with Crippen molar-refractivity contribution in [1.29, 1.82) is 0 Å². The molecular formula is C39H56O2S. The number of thiophene rings is 1. The molecule has 6 fully saturated rings. The summed E-state index contributed by atoms with van der Waals surface area (Å²) in [6.07, 6.45) is 19.5. The Morgan fingerprint density at radius 3 is 2.43 bits per heavy atom. The van der Waals surface area contributed by atoms with Gasteiger partial charge < -0.3 is 4.74 Å². The quantitative estimate of drug-likeness (QED) is 0.305. The number of ether oxygens (including phenoxy) is 1. The molecule has 0 N–H and O–H groups in total. The lowest BCUT2D eigenvalue weighted by Crippen LogP contribution is -2.67. The van der Waals surface area contributed by atoms with E-state index in [4.69, 9.17) is 4.74 Å². The number of ketones is 1. The Morgan fingerprint density at radius 2 is 1.62 bits per heavy atom. The van der Waals surface area contributed by atoms with E-state index in [-0.39, 0.29) is 10.8 Å². The Morgan fingerprint density at radius 1 is 0.857 bits per heavy atom. The molecule has 2 bridgehead atoms. The average molecular weight is 589 g/mol. The van der Waals surface area contributed by atoms with E-state index in [1.54, 1.807) is 10.4 Å². The number of hydrogen-bond acceptors (Lipinski definition) is 3. The zero-order chi connectivity index (χ0) is 29.5. The number of carbonyl (C=O) groups excluding carboxylic acids is 1. The van der Waals surface area contributed by atoms with Crippen molar-refractivity contribution in [3.63, 3.8) is 0 Å². The van der Waals surface area contributed by atoms with Crippen LogP contribution in [-0.2, 0) is 22.4 Å². The highest BCUT2D eigenvalue weighted by Gasteiger charge is 2.73. The molecular weight excluding hydrogens is 532 g/mol. The molecule has 0 spiro atoms. The van der Waals surface area contributed by atoms with Gasteiger partial charge in [-0.25, -0.2) is 0 Å². The molecule has 0 unspecified atom stereocenters. The van der Waals surface area contributed by atoms with E-state index in [9.17, 15) is 4.79 Å². The van der Waals surface area contributed by atoms with Gasteiger partial charge in [0.1, 0.15) is 0 Å². The molecule has 0 aromatic carbocycles. The monoisotopic (exact) mass is 588 g/mol. The van der Waals surface area contributed by atoms with Gasteiger partial charge in [-0.15, -0.1) is 11.3 Å². The second-order valence-electron chi connectivity index (χ2n) is 18.5. The van der Waals surface area contributed by atoms with Crippen LogP contribution in [0.2, 0.25) is 0 Å². The van der Waals surface area contributed by atoms with Crippen molar-refractivity contribution in [1.82, 2.24) is 0 Å². The smallest absolute Gasteiger partial charge is 0.164 e. The maximum absolute atomic E-state index is 14.3. The fraction of sp³-hybridized carbons (Fsp3) is 0.821. The van der Waals surface area contributed by atoms with Crippen LogP contribution < -0.4 is 0 Å². The van der Waals surface area contributed by atoms with Crippen LogP contribution in [0.15, 0.2) is 11.0 Å². The maximum Gasteiger partial charge on any atom is 0.164 e. The van der Waals surface area contributed by atoms with Gasteiger partial charge in [-0.1, -0.05) is 48.5 Å². The minimum atomic E-state index is -0.287. The predicted octanol–water partition coefficient (Wildman–Crippen LogP) is 10.1. The SMILES string of the molecule is CC1(C)CC[C@]23CC[C@]4(C)[C@@H](CC[C@@H]5[C@@]6(C)C/C(=C\c7csc8c7CCCC8)C(=O)C(C)(C)[C@H]6CC[C@]54C)[C@H]2[C@H]1OC3. The van der Waals surface area contributed by atoms with Crippen LogP contribution in [0, 0.1) is 56.2 Å². The topological polar surface area (TPSA) is 26.3 Å². The highest BCUT2D eigenvalue weighted by atomic mass is 32.1. The Balaban J connectivity index is 1.18. The van der Waals surface area contributed by atoms with E-state index < -0.39 is 0 Å². The van der Waals surface area contributed by atoms with Gasteiger partial charge in [0.05, 0.1) is 12.7 Å². The third kappa shape index (κ3) is 3.45. The minimum Gasteiger partial charge on any atom is -0.377 e. The van der Waals surface area contributed by atoms with Crippen LogP contribution in [0.3, 0.4) is 0 Å². The van der Waals surface area contributed by atoms with Crippen molar-refractivity contribution < 1.29 is 9.53 Å². The first-order valence-electron chi connectivity index (χ1n) is 17.7. The summed E-state index contributed by atoms with van der Waals surface area (Å²) < 4.78 is 6.80. The van der Waals surface area contributed by atoms with Gasteiger partial charge in [0.15, 0.2) is 5.78 Å². The molecule has 42 heavy (non-hydrogen) atoms. The van der Waals surface area contributed by atoms with Gasteiger partial charge in [0.25, 0.3) is 0 Å². The van der Waals surface area contributed by atoms with Crippen LogP contribution in [0.25, 0.3) is 6.08 Å². The molecule has 7 aliphatic rings. The van der Waals surface area contributed by atoms with E-state index >= 15 is 0 Å². The number of allylic oxidation sites excluding steroid dienone is 1. The average Bonchev–Trinajstić information content (AvgIpc) is 3.50. The normalized spacial score (nSPS) is 49.5. The van der Waals surface area contributed by atoms with Crippen LogP contribution >= 0.6 is 11.3 Å². The number of carbonyl (C=O) groups is 1. The molecule has 1 saturated heterocycles. The van der Waals surface area contributed by atoms with Gasteiger partial charge in [0, 0.05) is 10.3 Å². The molecule has 1 aromatic rings. The standard InChI is InChI=1S/C39H56O2S/c1-34(2)16-18-39-19-17-37(6)27(31(39)33(34)41-23-39)12-13-30-36(5)21-24(20-25-22-42-28-11-9-8-10-26(25)28)32(40)35(3,4)29(36)14-15-38(30,37)7/h20,22,27,29-31,33H,8-19,21,23H2,1-7H3/b24-20+/t27-,29+,30+,31-,33+,36-,37+,38+,39+/m0/s1. The summed E-state index contributed by atoms with van der Waals surface area (Å²) in [6.45, 7) is 18.8. The fourth-order valence-electron chi connectivity index (χ4n) is 13.8. The Labute approximate surface area is 259 Å². The van der Waals surface area contributed by atoms with Gasteiger partial charge in [-0.05, 0) is 162 Å². The molecule has 9 atom stereocenters. The first-order chi connectivity index (χ1) is 19.8. The zero-order valence-corrected chi connectivity index (χ0v) is 28.5. The Kier molecular flexibility index (Phi) is 6.02. The van der Waals surface area contributed by atoms with E-state index in [2.05, 4.69) is 59.9 Å². The van der Waals surface area contributed by atoms with Crippen molar-refractivity contribution in [2.75, 3.05) is 6.61 Å². The number of Topliss-reactive ketones (excluding diaryl/α,β-unsaturated/α-hetero) is 1. The second-order valence-corrected chi connectivity index (χ2v) is 19.4. The maximum atomic E-state index is 14.3. The lowest BCUT2D eigenvalue weighted by Gasteiger charge is -2.73. The molecule has 6 aliphatic carbocycles. The van der Waals surface area contributed by atoms with Crippen LogP contribution in [-0.4, -0.2) is 18.5 Å². The van der Waals surface area contributed by atoms with Crippen LogP contribution in [0.5, 0.6) is 0 Å². The summed E-state index contributed by atoms with van der Waals surface area (Å²) in [6, 6.07) is 0. The first-order valence-corrected chi connectivity index (χ1v) is 18.6. The third-order valence-corrected chi connectivity index (χ3v) is 17.2. The molecule has 0 amide bonds. The molecule has 1 aliphatic heterocycles. The predicted molar refractivity (Wildman–Crippen MR) is 174 cm³/mol. The molecule has 8 rings (SSSR count). The van der Waals surface area contributed by atoms with Gasteiger partial charge in [0.2, 0.25) is 0 Å². The van der Waals surface area contributed by atoms with Crippen molar-refractivity contribution in [3.8, 4) is 0 Å². The molecule has 2 heterocycles. The summed E-state index contributed by atoms with van der Waals surface area (Å²) in [5, 5.41) is 2.37. The van der Waals surface area contributed by atoms with Crippen LogP contribution in [0.1, 0.15) is 135 Å². The van der Waals surface area contributed by atoms with E-state index in [0.29, 0.717) is 45.4 Å². The van der Waals surface area contributed by atoms with E-state index in [1.165, 1.54) is 82.6 Å². The first kappa shape index (κ1) is 28.5. The molecule has 0 radical (unpaired) electrons. The van der Waals surface area contributed by atoms with Gasteiger partial charge in [-0.3, -0.25) is 4.79 Å². The van der Waals surface area contributed by atoms with Crippen molar-refractivity contribution in [3.05, 3.63) is 27.0 Å². The minimum absolute atomic E-state index is 0.177. The highest BCUT2D eigenvalue weighted by Crippen LogP contribution is 2.78. The third-order valence-electron chi connectivity index (χ3n) is 16.1. The van der Waals surface area contributed by atoms with Gasteiger partial charge >= 0.3 is 0 Å². The molecule has 3 heteroatoms. The number of aryl methyl sites for hydroxylation is 1. The summed E-state index contributed by atoms with van der Waals surface area (Å²) >= 11 is 1.94. The van der Waals surface area contributed by atoms with E-state index in [1.807, 2.05) is 11.3 Å². The highest BCUT2D eigenvalue weighted by molar-refractivity contribution is 7.10. The van der Waals surface area contributed by atoms with E-state index in [0.717, 1.165) is 30.4 Å². The molecule has 2 nitrogen and oxygen atoms in total. The second kappa shape index (κ2) is 8.86. The van der Waals surface area contributed by atoms with Crippen molar-refractivity contribution in [2.45, 2.75) is 138 Å². The molecule has 5 saturated carbocycles.